The third-order valence-corrected chi connectivity index (χ3v) is 4.67. The van der Waals surface area contributed by atoms with Crippen LogP contribution in [-0.4, -0.2) is 51.7 Å². The molecule has 1 aliphatic carbocycles. The third kappa shape index (κ3) is 4.40. The summed E-state index contributed by atoms with van der Waals surface area (Å²) in [5, 5.41) is 6.97. The van der Waals surface area contributed by atoms with Crippen molar-refractivity contribution < 1.29 is 9.53 Å². The summed E-state index contributed by atoms with van der Waals surface area (Å²) in [6.45, 7) is 6.94. The van der Waals surface area contributed by atoms with E-state index in [4.69, 9.17) is 14.7 Å². The molecule has 1 aromatic carbocycles. The molecule has 2 aromatic rings. The van der Waals surface area contributed by atoms with Crippen molar-refractivity contribution in [2.24, 2.45) is 0 Å². The molecule has 1 aliphatic heterocycles. The summed E-state index contributed by atoms with van der Waals surface area (Å²) in [7, 11) is 0. The molecule has 0 bridgehead atoms. The molecule has 1 amide bonds. The molecule has 7 nitrogen and oxygen atoms in total. The Bertz CT molecular complexity index is 844. The lowest BCUT2D eigenvalue weighted by Crippen LogP contribution is -2.36. The Hall–Kier alpha value is -2.57. The smallest absolute Gasteiger partial charge is 0.410 e. The van der Waals surface area contributed by atoms with Gasteiger partial charge in [-0.3, -0.25) is 0 Å². The lowest BCUT2D eigenvalue weighted by Gasteiger charge is -2.24. The molecule has 2 N–H and O–H groups in total. The Balaban J connectivity index is 1.48. The summed E-state index contributed by atoms with van der Waals surface area (Å²) >= 11 is 0. The predicted molar refractivity (Wildman–Crippen MR) is 106 cm³/mol. The highest BCUT2D eigenvalue weighted by Crippen LogP contribution is 2.30. The molecular formula is C20H27N5O2. The van der Waals surface area contributed by atoms with Crippen LogP contribution in [0.2, 0.25) is 0 Å². The Morgan fingerprint density at radius 1 is 1.04 bits per heavy atom. The van der Waals surface area contributed by atoms with Crippen molar-refractivity contribution in [2.75, 3.05) is 23.7 Å². The molecular weight excluding hydrogens is 342 g/mol. The third-order valence-electron chi connectivity index (χ3n) is 4.67. The van der Waals surface area contributed by atoms with Crippen LogP contribution in [-0.2, 0) is 4.74 Å². The van der Waals surface area contributed by atoms with E-state index in [0.29, 0.717) is 19.1 Å². The number of anilines is 2. The fraction of sp³-hybridized carbons (Fsp3) is 0.550. The summed E-state index contributed by atoms with van der Waals surface area (Å²) in [6.07, 6.45) is 2.94. The minimum atomic E-state index is -0.478. The molecule has 0 radical (unpaired) electrons. The molecule has 1 saturated heterocycles. The van der Waals surface area contributed by atoms with E-state index in [1.165, 1.54) is 12.8 Å². The number of rotatable bonds is 4. The van der Waals surface area contributed by atoms with Gasteiger partial charge in [0.1, 0.15) is 5.60 Å². The summed E-state index contributed by atoms with van der Waals surface area (Å²) in [5.74, 6) is 1.56. The van der Waals surface area contributed by atoms with Gasteiger partial charge in [-0.1, -0.05) is 12.1 Å². The Labute approximate surface area is 159 Å². The van der Waals surface area contributed by atoms with Gasteiger partial charge in [0, 0.05) is 25.2 Å². The van der Waals surface area contributed by atoms with E-state index in [0.717, 1.165) is 29.1 Å². The molecule has 0 spiro atoms. The topological polar surface area (TPSA) is 79.4 Å². The van der Waals surface area contributed by atoms with Crippen molar-refractivity contribution in [3.63, 3.8) is 0 Å². The highest BCUT2D eigenvalue weighted by Gasteiger charge is 2.31. The van der Waals surface area contributed by atoms with Gasteiger partial charge >= 0.3 is 6.09 Å². The van der Waals surface area contributed by atoms with Crippen LogP contribution in [0.25, 0.3) is 11.0 Å². The van der Waals surface area contributed by atoms with Gasteiger partial charge in [0.05, 0.1) is 11.0 Å². The second kappa shape index (κ2) is 6.87. The van der Waals surface area contributed by atoms with Gasteiger partial charge in [-0.15, -0.1) is 0 Å². The Morgan fingerprint density at radius 2 is 1.63 bits per heavy atom. The lowest BCUT2D eigenvalue weighted by atomic mass is 10.2. The summed E-state index contributed by atoms with van der Waals surface area (Å²) < 4.78 is 5.48. The molecule has 144 valence electrons. The van der Waals surface area contributed by atoms with Crippen molar-refractivity contribution in [3.05, 3.63) is 24.3 Å². The second-order valence-electron chi connectivity index (χ2n) is 8.38. The number of carbonyl (C=O) groups excluding carboxylic acids is 1. The zero-order chi connectivity index (χ0) is 19.0. The fourth-order valence-electron chi connectivity index (χ4n) is 3.19. The maximum absolute atomic E-state index is 12.3. The van der Waals surface area contributed by atoms with E-state index in [9.17, 15) is 4.79 Å². The number of aromatic nitrogens is 2. The first kappa shape index (κ1) is 17.8. The Morgan fingerprint density at radius 3 is 2.19 bits per heavy atom. The van der Waals surface area contributed by atoms with E-state index in [1.54, 1.807) is 4.90 Å². The SMILES string of the molecule is CC(C)(C)OC(=O)N1CCC(Nc2nc3ccccc3nc2NC2CC2)C1. The summed E-state index contributed by atoms with van der Waals surface area (Å²) in [4.78, 5) is 23.6. The van der Waals surface area contributed by atoms with Gasteiger partial charge < -0.3 is 20.3 Å². The molecule has 2 heterocycles. The molecule has 2 fully saturated rings. The second-order valence-corrected chi connectivity index (χ2v) is 8.38. The fourth-order valence-corrected chi connectivity index (χ4v) is 3.19. The highest BCUT2D eigenvalue weighted by atomic mass is 16.6. The van der Waals surface area contributed by atoms with Crippen LogP contribution in [0, 0.1) is 0 Å². The number of carbonyl (C=O) groups is 1. The molecule has 2 aliphatic rings. The number of ether oxygens (including phenoxy) is 1. The maximum Gasteiger partial charge on any atom is 0.410 e. The molecule has 1 unspecified atom stereocenters. The number of hydrogen-bond acceptors (Lipinski definition) is 6. The number of para-hydroxylation sites is 2. The van der Waals surface area contributed by atoms with Crippen LogP contribution in [0.1, 0.15) is 40.0 Å². The molecule has 1 saturated carbocycles. The van der Waals surface area contributed by atoms with E-state index in [1.807, 2.05) is 45.0 Å². The number of fused-ring (bicyclic) bond motifs is 1. The first-order valence-electron chi connectivity index (χ1n) is 9.65. The monoisotopic (exact) mass is 369 g/mol. The molecule has 27 heavy (non-hydrogen) atoms. The first-order chi connectivity index (χ1) is 12.9. The van der Waals surface area contributed by atoms with Gasteiger partial charge in [0.2, 0.25) is 0 Å². The lowest BCUT2D eigenvalue weighted by molar-refractivity contribution is 0.0293. The molecule has 1 atom stereocenters. The van der Waals surface area contributed by atoms with Crippen LogP contribution < -0.4 is 10.6 Å². The van der Waals surface area contributed by atoms with Crippen molar-refractivity contribution >= 4 is 28.8 Å². The van der Waals surface area contributed by atoms with Gasteiger partial charge in [0.15, 0.2) is 11.6 Å². The van der Waals surface area contributed by atoms with Crippen LogP contribution in [0.4, 0.5) is 16.4 Å². The normalized spacial score (nSPS) is 20.0. The number of hydrogen-bond donors (Lipinski definition) is 2. The van der Waals surface area contributed by atoms with E-state index >= 15 is 0 Å². The van der Waals surface area contributed by atoms with Crippen molar-refractivity contribution in [2.45, 2.75) is 57.7 Å². The van der Waals surface area contributed by atoms with Crippen molar-refractivity contribution in [3.8, 4) is 0 Å². The average Bonchev–Trinajstić information content (AvgIpc) is 3.29. The van der Waals surface area contributed by atoms with Crippen LogP contribution in [0.5, 0.6) is 0 Å². The van der Waals surface area contributed by atoms with Gasteiger partial charge in [-0.2, -0.15) is 0 Å². The van der Waals surface area contributed by atoms with E-state index < -0.39 is 5.60 Å². The zero-order valence-electron chi connectivity index (χ0n) is 16.2. The van der Waals surface area contributed by atoms with Crippen molar-refractivity contribution in [1.29, 1.82) is 0 Å². The Kier molecular flexibility index (Phi) is 4.53. The predicted octanol–water partition coefficient (Wildman–Crippen LogP) is 3.63. The average molecular weight is 369 g/mol. The van der Waals surface area contributed by atoms with E-state index in [2.05, 4.69) is 10.6 Å². The highest BCUT2D eigenvalue weighted by molar-refractivity contribution is 5.80. The van der Waals surface area contributed by atoms with Gasteiger partial charge in [-0.25, -0.2) is 14.8 Å². The number of nitrogens with zero attached hydrogens (tertiary/aromatic N) is 3. The van der Waals surface area contributed by atoms with Crippen LogP contribution >= 0.6 is 0 Å². The summed E-state index contributed by atoms with van der Waals surface area (Å²) in [5.41, 5.74) is 1.27. The maximum atomic E-state index is 12.3. The number of likely N-dealkylation sites (tertiary alicyclic amines) is 1. The molecule has 1 aromatic heterocycles. The minimum Gasteiger partial charge on any atom is -0.444 e. The van der Waals surface area contributed by atoms with Gasteiger partial charge in [0.25, 0.3) is 0 Å². The largest absolute Gasteiger partial charge is 0.444 e. The number of nitrogens with one attached hydrogen (secondary N) is 2. The van der Waals surface area contributed by atoms with Gasteiger partial charge in [-0.05, 0) is 52.2 Å². The minimum absolute atomic E-state index is 0.132. The van der Waals surface area contributed by atoms with Crippen molar-refractivity contribution in [1.82, 2.24) is 14.9 Å². The molecule has 7 heteroatoms. The van der Waals surface area contributed by atoms with Crippen LogP contribution in [0.15, 0.2) is 24.3 Å². The van der Waals surface area contributed by atoms with Crippen LogP contribution in [0.3, 0.4) is 0 Å². The number of benzene rings is 1. The molecule has 4 rings (SSSR count). The standard InChI is InChI=1S/C20H27N5O2/c1-20(2,3)27-19(26)25-11-10-14(12-25)22-18-17(21-13-8-9-13)23-15-6-4-5-7-16(15)24-18/h4-7,13-14H,8-12H2,1-3H3,(H,21,23)(H,22,24). The summed E-state index contributed by atoms with van der Waals surface area (Å²) in [6, 6.07) is 8.51. The zero-order valence-corrected chi connectivity index (χ0v) is 16.2. The number of amides is 1. The first-order valence-corrected chi connectivity index (χ1v) is 9.65. The van der Waals surface area contributed by atoms with E-state index in [-0.39, 0.29) is 12.1 Å². The quantitative estimate of drug-likeness (QED) is 0.857.